The third kappa shape index (κ3) is 11.5. The van der Waals surface area contributed by atoms with Crippen molar-refractivity contribution in [2.75, 3.05) is 0 Å². The zero-order valence-electron chi connectivity index (χ0n) is 35.7. The van der Waals surface area contributed by atoms with Crippen molar-refractivity contribution in [3.05, 3.63) is 165 Å². The summed E-state index contributed by atoms with van der Waals surface area (Å²) in [6.07, 6.45) is 2.49. The fourth-order valence-corrected chi connectivity index (χ4v) is 7.20. The molecule has 0 amide bonds. The van der Waals surface area contributed by atoms with E-state index >= 15 is 0 Å². The van der Waals surface area contributed by atoms with Crippen LogP contribution in [0.1, 0.15) is 133 Å². The molecule has 0 radical (unpaired) electrons. The summed E-state index contributed by atoms with van der Waals surface area (Å²) in [5, 5.41) is 0. The molecular weight excluding hydrogens is 758 g/mol. The van der Waals surface area contributed by atoms with Crippen molar-refractivity contribution in [3.8, 4) is 23.0 Å². The minimum absolute atomic E-state index is 0.0343. The topological polar surface area (TPSA) is 0 Å². The van der Waals surface area contributed by atoms with E-state index in [1.807, 2.05) is 18.2 Å². The van der Waals surface area contributed by atoms with Crippen LogP contribution in [0.3, 0.4) is 0 Å². The Hall–Kier alpha value is -4.72. The number of rotatable bonds is 2. The molecule has 306 valence electrons. The minimum atomic E-state index is -10.7. The van der Waals surface area contributed by atoms with Gasteiger partial charge >= 0.3 is 33.0 Å². The maximum absolute atomic E-state index is 10.7. The van der Waals surface area contributed by atoms with Crippen molar-refractivity contribution < 1.29 is 25.2 Å². The van der Waals surface area contributed by atoms with Gasteiger partial charge in [-0.05, 0) is 118 Å². The van der Waals surface area contributed by atoms with Crippen molar-refractivity contribution >= 4 is 24.5 Å². The zero-order valence-corrected chi connectivity index (χ0v) is 36.6. The van der Waals surface area contributed by atoms with Crippen molar-refractivity contribution in [2.45, 2.75) is 99.3 Å². The first-order chi connectivity index (χ1) is 26.3. The van der Waals surface area contributed by atoms with Gasteiger partial charge in [0.05, 0.1) is 28.8 Å². The molecule has 3 aromatic rings. The van der Waals surface area contributed by atoms with Crippen LogP contribution < -0.4 is 0 Å². The molecule has 0 heterocycles. The van der Waals surface area contributed by atoms with Crippen LogP contribution in [-0.2, 0) is 16.2 Å². The second-order valence-corrected chi connectivity index (χ2v) is 21.3. The van der Waals surface area contributed by atoms with Crippen LogP contribution in [0.15, 0.2) is 115 Å². The molecule has 6 rings (SSSR count). The van der Waals surface area contributed by atoms with Crippen molar-refractivity contribution in [1.29, 1.82) is 0 Å². The Morgan fingerprint density at radius 2 is 1.02 bits per heavy atom. The molecule has 0 nitrogen and oxygen atoms in total. The third-order valence-electron chi connectivity index (χ3n) is 10.2. The van der Waals surface area contributed by atoms with E-state index in [2.05, 4.69) is 192 Å². The normalized spacial score (nSPS) is 15.5. The Balaban J connectivity index is 0.000000839. The van der Waals surface area contributed by atoms with Gasteiger partial charge in [-0.2, -0.15) is 0 Å². The van der Waals surface area contributed by atoms with E-state index in [1.54, 1.807) is 0 Å². The summed E-state index contributed by atoms with van der Waals surface area (Å²) >= 11 is 0. The summed E-state index contributed by atoms with van der Waals surface area (Å²) in [4.78, 5) is 0. The molecule has 58 heavy (non-hydrogen) atoms. The maximum atomic E-state index is 9.87. The van der Waals surface area contributed by atoms with E-state index < -0.39 is 7.81 Å². The zero-order chi connectivity index (χ0) is 43.3. The van der Waals surface area contributed by atoms with Gasteiger partial charge < -0.3 is 0 Å². The standard InChI is InChI=1S/C51H55.F6P/c1-48(2,3)37-24-28-39-41(30-26-37)45(50(7,8)9)32-43(39)47(36-22-20-35(21-23-36)19-18-34-16-14-13-15-17-34)44-33-46(51(10,11)12)42-31-27-38(49(4,5)6)25-29-40(42)44;1-7(2,3,4,5)6/h13-17,20-33H,1-12H3;/q+1;-1/b47-43-;. The molecule has 0 fully saturated rings. The van der Waals surface area contributed by atoms with E-state index in [1.165, 1.54) is 66.8 Å². The van der Waals surface area contributed by atoms with Crippen LogP contribution >= 0.6 is 7.81 Å². The average Bonchev–Trinajstić information content (AvgIpc) is 3.40. The van der Waals surface area contributed by atoms with Gasteiger partial charge in [-0.15, -0.1) is 0 Å². The fourth-order valence-electron chi connectivity index (χ4n) is 7.20. The molecule has 0 N–H and O–H groups in total. The Kier molecular flexibility index (Phi) is 11.1. The predicted molar refractivity (Wildman–Crippen MR) is 236 cm³/mol. The Bertz CT molecular complexity index is 2430. The van der Waals surface area contributed by atoms with Gasteiger partial charge in [-0.1, -0.05) is 129 Å². The van der Waals surface area contributed by atoms with Crippen LogP contribution in [0.5, 0.6) is 0 Å². The average molecular weight is 813 g/mol. The first-order valence-electron chi connectivity index (χ1n) is 19.5. The number of benzene rings is 2. The summed E-state index contributed by atoms with van der Waals surface area (Å²) in [6, 6.07) is 40.5. The Morgan fingerprint density at radius 1 is 0.517 bits per heavy atom. The summed E-state index contributed by atoms with van der Waals surface area (Å²) in [7, 11) is -10.7. The van der Waals surface area contributed by atoms with Gasteiger partial charge in [0.1, 0.15) is 0 Å². The summed E-state index contributed by atoms with van der Waals surface area (Å²) < 4.78 is 59.2. The second-order valence-electron chi connectivity index (χ2n) is 19.4. The van der Waals surface area contributed by atoms with Gasteiger partial charge in [0.15, 0.2) is 0 Å². The van der Waals surface area contributed by atoms with E-state index in [0.29, 0.717) is 0 Å². The molecular formula is C51H55F6P. The Labute approximate surface area is 341 Å². The van der Waals surface area contributed by atoms with Gasteiger partial charge in [-0.25, -0.2) is 0 Å². The summed E-state index contributed by atoms with van der Waals surface area (Å²) in [5.41, 5.74) is 17.7. The van der Waals surface area contributed by atoms with Crippen LogP contribution in [0, 0.1) is 17.3 Å². The molecule has 3 aliphatic rings. The third-order valence-corrected chi connectivity index (χ3v) is 10.2. The molecule has 0 aliphatic heterocycles. The molecule has 3 aromatic carbocycles. The Morgan fingerprint density at radius 3 is 1.50 bits per heavy atom. The van der Waals surface area contributed by atoms with Gasteiger partial charge in [0.2, 0.25) is 0 Å². The number of hydrogen-bond donors (Lipinski definition) is 0. The monoisotopic (exact) mass is 812 g/mol. The molecule has 0 spiro atoms. The molecule has 0 aromatic heterocycles. The van der Waals surface area contributed by atoms with E-state index in [9.17, 15) is 25.2 Å². The first-order valence-corrected chi connectivity index (χ1v) is 21.6. The molecule has 0 unspecified atom stereocenters. The molecule has 0 saturated heterocycles. The van der Waals surface area contributed by atoms with E-state index in [-0.39, 0.29) is 21.7 Å². The predicted octanol–water partition coefficient (Wildman–Crippen LogP) is 17.1. The van der Waals surface area contributed by atoms with Gasteiger partial charge in [0, 0.05) is 34.2 Å². The van der Waals surface area contributed by atoms with Crippen LogP contribution in [0.2, 0.25) is 0 Å². The molecule has 0 bridgehead atoms. The number of fused-ring (bicyclic) bond motifs is 2. The fraction of sp³-hybridized carbons (Fsp3) is 0.314. The molecule has 0 atom stereocenters. The quantitative estimate of drug-likeness (QED) is 0.0721. The van der Waals surface area contributed by atoms with Crippen LogP contribution in [0.4, 0.5) is 25.2 Å². The second kappa shape index (κ2) is 14.5. The van der Waals surface area contributed by atoms with Crippen molar-refractivity contribution in [3.63, 3.8) is 0 Å². The summed E-state index contributed by atoms with van der Waals surface area (Å²) in [5.74, 6) is 6.75. The molecule has 3 aliphatic carbocycles. The number of allylic oxidation sites excluding steroid dienone is 3. The molecule has 0 saturated carbocycles. The first kappa shape index (κ1) is 44.4. The molecule has 7 heteroatoms. The summed E-state index contributed by atoms with van der Waals surface area (Å²) in [6.45, 7) is 27.8. The van der Waals surface area contributed by atoms with E-state index in [0.717, 1.165) is 11.1 Å². The van der Waals surface area contributed by atoms with Crippen LogP contribution in [-0.4, -0.2) is 0 Å². The van der Waals surface area contributed by atoms with Crippen molar-refractivity contribution in [2.24, 2.45) is 5.41 Å². The van der Waals surface area contributed by atoms with Crippen molar-refractivity contribution in [1.82, 2.24) is 0 Å². The SMILES string of the molecule is CC(C)(C)C1=C/C(=C(\c2ccc(C#Cc3ccccc3)cc2)c2cc(C(C)(C)C)c3ccc(C(C)(C)C)ccc2-3)c2cc[c+](C(C)(C)C)ccc21.F[P-](F)(F)(F)(F)F. The van der Waals surface area contributed by atoms with Gasteiger partial charge in [0.25, 0.3) is 0 Å². The number of hydrogen-bond acceptors (Lipinski definition) is 0. The number of halogens is 6. The van der Waals surface area contributed by atoms with E-state index in [4.69, 9.17) is 0 Å². The van der Waals surface area contributed by atoms with Gasteiger partial charge in [-0.3, -0.25) is 0 Å². The van der Waals surface area contributed by atoms with Crippen LogP contribution in [0.25, 0.3) is 27.8 Å².